The highest BCUT2D eigenvalue weighted by Crippen LogP contribution is 2.42. The Hall–Kier alpha value is -1.12. The number of nitrogens with two attached hydrogens (primary N) is 1. The maximum Gasteiger partial charge on any atom is 0.180 e. The Morgan fingerprint density at radius 2 is 2.15 bits per heavy atom. The first-order chi connectivity index (χ1) is 9.25. The summed E-state index contributed by atoms with van der Waals surface area (Å²) in [6, 6.07) is 0. The fraction of sp³-hybridized carbons (Fsp3) is 0.583. The number of rotatable bonds is 4. The van der Waals surface area contributed by atoms with E-state index in [-0.39, 0.29) is 22.5 Å². The largest absolute Gasteiger partial charge is 0.396 e. The van der Waals surface area contributed by atoms with Gasteiger partial charge >= 0.3 is 0 Å². The van der Waals surface area contributed by atoms with Gasteiger partial charge in [-0.1, -0.05) is 0 Å². The summed E-state index contributed by atoms with van der Waals surface area (Å²) in [6.07, 6.45) is 2.02. The topological polar surface area (TPSA) is 89.7 Å². The van der Waals surface area contributed by atoms with Crippen LogP contribution in [0.25, 0.3) is 0 Å². The summed E-state index contributed by atoms with van der Waals surface area (Å²) in [4.78, 5) is 13.9. The van der Waals surface area contributed by atoms with E-state index < -0.39 is 9.84 Å². The van der Waals surface area contributed by atoms with Crippen LogP contribution in [-0.4, -0.2) is 46.8 Å². The minimum Gasteiger partial charge on any atom is -0.396 e. The van der Waals surface area contributed by atoms with Crippen molar-refractivity contribution < 1.29 is 17.9 Å². The predicted molar refractivity (Wildman–Crippen MR) is 79.5 cm³/mol. The van der Waals surface area contributed by atoms with Gasteiger partial charge in [-0.3, -0.25) is 4.79 Å². The summed E-state index contributed by atoms with van der Waals surface area (Å²) in [7, 11) is -1.85. The number of ether oxygens (including phenoxy) is 1. The molecular weight excluding hydrogens is 300 g/mol. The van der Waals surface area contributed by atoms with Crippen LogP contribution >= 0.6 is 11.3 Å². The fourth-order valence-electron chi connectivity index (χ4n) is 2.35. The van der Waals surface area contributed by atoms with Crippen molar-refractivity contribution in [3.63, 3.8) is 0 Å². The lowest BCUT2D eigenvalue weighted by atomic mass is 10.3. The molecule has 1 unspecified atom stereocenters. The molecule has 20 heavy (non-hydrogen) atoms. The number of ketones is 1. The second-order valence-electron chi connectivity index (χ2n) is 4.90. The van der Waals surface area contributed by atoms with Gasteiger partial charge in [-0.05, 0) is 6.42 Å². The molecule has 0 saturated carbocycles. The number of nitrogens with zero attached hydrogens (tertiary/aromatic N) is 1. The lowest BCUT2D eigenvalue weighted by Crippen LogP contribution is -2.22. The molecule has 0 bridgehead atoms. The van der Waals surface area contributed by atoms with Crippen LogP contribution in [0.4, 0.5) is 10.7 Å². The number of nitrogen functional groups attached to an aromatic ring is 1. The zero-order valence-corrected chi connectivity index (χ0v) is 13.3. The number of thiophene rings is 1. The summed E-state index contributed by atoms with van der Waals surface area (Å²) in [5.41, 5.74) is 5.95. The maximum atomic E-state index is 12.0. The van der Waals surface area contributed by atoms with Crippen molar-refractivity contribution in [2.45, 2.75) is 24.3 Å². The highest BCUT2D eigenvalue weighted by Gasteiger charge is 2.32. The highest BCUT2D eigenvalue weighted by molar-refractivity contribution is 7.91. The van der Waals surface area contributed by atoms with E-state index in [0.29, 0.717) is 23.0 Å². The van der Waals surface area contributed by atoms with Gasteiger partial charge in [-0.2, -0.15) is 0 Å². The van der Waals surface area contributed by atoms with Crippen molar-refractivity contribution in [1.82, 2.24) is 0 Å². The third-order valence-corrected chi connectivity index (χ3v) is 5.99. The van der Waals surface area contributed by atoms with Gasteiger partial charge in [0.15, 0.2) is 15.6 Å². The summed E-state index contributed by atoms with van der Waals surface area (Å²) in [5.74, 6) is -0.217. The van der Waals surface area contributed by atoms with Crippen LogP contribution in [0.3, 0.4) is 0 Å². The van der Waals surface area contributed by atoms with Gasteiger partial charge in [-0.25, -0.2) is 8.42 Å². The van der Waals surface area contributed by atoms with Crippen LogP contribution in [0.1, 0.15) is 23.0 Å². The highest BCUT2D eigenvalue weighted by atomic mass is 32.2. The first-order valence-corrected chi connectivity index (χ1v) is 8.87. The molecule has 8 heteroatoms. The first kappa shape index (κ1) is 15.3. The van der Waals surface area contributed by atoms with Crippen LogP contribution in [0.2, 0.25) is 0 Å². The molecule has 1 aromatic rings. The number of Topliss-reactive ketones (excluding diaryl/α,β-unsaturated/α-hetero) is 1. The summed E-state index contributed by atoms with van der Waals surface area (Å²) in [6.45, 7) is 2.69. The molecule has 1 atom stereocenters. The number of carbonyl (C=O) groups excluding carboxylic acids is 1. The SMILES string of the molecule is COC1CCN(c2sc(C(C)=O)c(N)c2S(C)(=O)=O)C1. The molecule has 6 nitrogen and oxygen atoms in total. The van der Waals surface area contributed by atoms with Crippen LogP contribution in [0.5, 0.6) is 0 Å². The Kier molecular flexibility index (Phi) is 4.08. The molecule has 0 radical (unpaired) electrons. The third-order valence-electron chi connectivity index (χ3n) is 3.34. The number of sulfone groups is 1. The van der Waals surface area contributed by atoms with Gasteiger partial charge in [0.2, 0.25) is 0 Å². The van der Waals surface area contributed by atoms with Crippen molar-refractivity contribution in [3.8, 4) is 0 Å². The van der Waals surface area contributed by atoms with Crippen LogP contribution in [0, 0.1) is 0 Å². The molecule has 1 saturated heterocycles. The summed E-state index contributed by atoms with van der Waals surface area (Å²) < 4.78 is 29.2. The molecule has 1 aliphatic rings. The second kappa shape index (κ2) is 5.34. The predicted octanol–water partition coefficient (Wildman–Crippen LogP) is 1.16. The van der Waals surface area contributed by atoms with E-state index in [1.54, 1.807) is 7.11 Å². The van der Waals surface area contributed by atoms with E-state index in [0.717, 1.165) is 24.0 Å². The molecule has 2 rings (SSSR count). The van der Waals surface area contributed by atoms with Crippen LogP contribution in [0.15, 0.2) is 4.90 Å². The number of carbonyl (C=O) groups is 1. The Labute approximate surface area is 122 Å². The number of hydrogen-bond donors (Lipinski definition) is 1. The van der Waals surface area contributed by atoms with Crippen molar-refractivity contribution >= 4 is 37.6 Å². The van der Waals surface area contributed by atoms with Crippen molar-refractivity contribution in [1.29, 1.82) is 0 Å². The van der Waals surface area contributed by atoms with E-state index in [4.69, 9.17) is 10.5 Å². The molecular formula is C12H18N2O4S2. The summed E-state index contributed by atoms with van der Waals surface area (Å²) >= 11 is 1.15. The van der Waals surface area contributed by atoms with Crippen molar-refractivity contribution in [3.05, 3.63) is 4.88 Å². The monoisotopic (exact) mass is 318 g/mol. The second-order valence-corrected chi connectivity index (χ2v) is 7.85. The van der Waals surface area contributed by atoms with Crippen LogP contribution < -0.4 is 10.6 Å². The number of hydrogen-bond acceptors (Lipinski definition) is 7. The van der Waals surface area contributed by atoms with Crippen molar-refractivity contribution in [2.24, 2.45) is 0 Å². The minimum atomic E-state index is -3.49. The first-order valence-electron chi connectivity index (χ1n) is 6.16. The third kappa shape index (κ3) is 2.68. The van der Waals surface area contributed by atoms with Gasteiger partial charge in [0.25, 0.3) is 0 Å². The molecule has 0 spiro atoms. The Morgan fingerprint density at radius 1 is 1.50 bits per heavy atom. The van der Waals surface area contributed by atoms with E-state index in [2.05, 4.69) is 0 Å². The number of anilines is 2. The smallest absolute Gasteiger partial charge is 0.180 e. The average molecular weight is 318 g/mol. The van der Waals surface area contributed by atoms with Gasteiger partial charge in [0.05, 0.1) is 16.7 Å². The molecule has 2 heterocycles. The van der Waals surface area contributed by atoms with Gasteiger partial charge in [-0.15, -0.1) is 11.3 Å². The Bertz CT molecular complexity index is 636. The molecule has 1 aliphatic heterocycles. The zero-order valence-electron chi connectivity index (χ0n) is 11.7. The van der Waals surface area contributed by atoms with E-state index >= 15 is 0 Å². The van der Waals surface area contributed by atoms with Gasteiger partial charge in [0.1, 0.15) is 9.90 Å². The van der Waals surface area contributed by atoms with E-state index in [9.17, 15) is 13.2 Å². The Morgan fingerprint density at radius 3 is 2.60 bits per heavy atom. The standard InChI is InChI=1S/C12H18N2O4S2/c1-7(15)10-9(13)11(20(3,16)17)12(19-10)14-5-4-8(6-14)18-2/h8H,4-6,13H2,1-3H3. The summed E-state index contributed by atoms with van der Waals surface area (Å²) in [5, 5.41) is 0.551. The normalized spacial score (nSPS) is 19.6. The quantitative estimate of drug-likeness (QED) is 0.838. The molecule has 1 aromatic heterocycles. The zero-order chi connectivity index (χ0) is 15.1. The molecule has 0 amide bonds. The molecule has 1 fully saturated rings. The molecule has 112 valence electrons. The lowest BCUT2D eigenvalue weighted by Gasteiger charge is -2.17. The fourth-order valence-corrected chi connectivity index (χ4v) is 4.99. The molecule has 0 aromatic carbocycles. The molecule has 2 N–H and O–H groups in total. The Balaban J connectivity index is 2.53. The van der Waals surface area contributed by atoms with Gasteiger partial charge < -0.3 is 15.4 Å². The maximum absolute atomic E-state index is 12.0. The number of methoxy groups -OCH3 is 1. The minimum absolute atomic E-state index is 0.0702. The van der Waals surface area contributed by atoms with E-state index in [1.165, 1.54) is 6.92 Å². The molecule has 0 aliphatic carbocycles. The van der Waals surface area contributed by atoms with Gasteiger partial charge in [0, 0.05) is 33.4 Å². The van der Waals surface area contributed by atoms with Crippen molar-refractivity contribution in [2.75, 3.05) is 37.1 Å². The average Bonchev–Trinajstić information content (AvgIpc) is 2.91. The lowest BCUT2D eigenvalue weighted by molar-refractivity contribution is 0.102. The van der Waals surface area contributed by atoms with Crippen LogP contribution in [-0.2, 0) is 14.6 Å². The van der Waals surface area contributed by atoms with E-state index in [1.807, 2.05) is 4.90 Å².